The molecule has 2 aromatic rings. The van der Waals surface area contributed by atoms with Gasteiger partial charge in [-0.2, -0.15) is 0 Å². The SMILES string of the molecule is Cc1cc(OCC(=O)CC23CC(NC(=O)c4cc(N5CCCC5)ccn4)(C2)C3)ccc1Cl. The van der Waals surface area contributed by atoms with Crippen LogP contribution in [0.15, 0.2) is 36.5 Å². The Bertz CT molecular complexity index is 1040. The van der Waals surface area contributed by atoms with Gasteiger partial charge in [0, 0.05) is 42.0 Å². The summed E-state index contributed by atoms with van der Waals surface area (Å²) in [5.74, 6) is 0.634. The number of nitrogens with one attached hydrogen (secondary N) is 1. The van der Waals surface area contributed by atoms with Gasteiger partial charge in [0.25, 0.3) is 5.91 Å². The quantitative estimate of drug-likeness (QED) is 0.644. The first-order valence-corrected chi connectivity index (χ1v) is 11.7. The smallest absolute Gasteiger partial charge is 0.270 e. The maximum atomic E-state index is 12.8. The highest BCUT2D eigenvalue weighted by molar-refractivity contribution is 6.31. The van der Waals surface area contributed by atoms with E-state index in [1.54, 1.807) is 18.3 Å². The zero-order valence-electron chi connectivity index (χ0n) is 18.3. The fourth-order valence-electron chi connectivity index (χ4n) is 5.68. The number of halogens is 1. The highest BCUT2D eigenvalue weighted by Crippen LogP contribution is 2.69. The summed E-state index contributed by atoms with van der Waals surface area (Å²) in [6.45, 7) is 4.04. The Morgan fingerprint density at radius 2 is 1.91 bits per heavy atom. The van der Waals surface area contributed by atoms with E-state index in [-0.39, 0.29) is 29.3 Å². The largest absolute Gasteiger partial charge is 0.486 e. The van der Waals surface area contributed by atoms with Gasteiger partial charge in [0.15, 0.2) is 5.78 Å². The number of aryl methyl sites for hydroxylation is 1. The van der Waals surface area contributed by atoms with E-state index in [2.05, 4.69) is 15.2 Å². The number of hydrogen-bond donors (Lipinski definition) is 1. The second-order valence-electron chi connectivity index (χ2n) is 9.77. The molecule has 1 saturated heterocycles. The topological polar surface area (TPSA) is 71.5 Å². The van der Waals surface area contributed by atoms with E-state index >= 15 is 0 Å². The monoisotopic (exact) mass is 453 g/mol. The molecule has 3 saturated carbocycles. The van der Waals surface area contributed by atoms with E-state index in [0.29, 0.717) is 22.9 Å². The van der Waals surface area contributed by atoms with E-state index in [9.17, 15) is 9.59 Å². The number of aromatic nitrogens is 1. The summed E-state index contributed by atoms with van der Waals surface area (Å²) in [4.78, 5) is 31.8. The first kappa shape index (κ1) is 21.3. The molecule has 1 aromatic heterocycles. The molecular formula is C25H28ClN3O3. The van der Waals surface area contributed by atoms with E-state index in [4.69, 9.17) is 16.3 Å². The van der Waals surface area contributed by atoms with Crippen LogP contribution in [0.2, 0.25) is 5.02 Å². The van der Waals surface area contributed by atoms with Crippen LogP contribution < -0.4 is 15.0 Å². The van der Waals surface area contributed by atoms with Crippen molar-refractivity contribution in [3.63, 3.8) is 0 Å². The zero-order valence-corrected chi connectivity index (χ0v) is 19.1. The van der Waals surface area contributed by atoms with Gasteiger partial charge in [-0.1, -0.05) is 11.6 Å². The van der Waals surface area contributed by atoms with Crippen LogP contribution in [0.1, 0.15) is 54.6 Å². The van der Waals surface area contributed by atoms with Crippen LogP contribution in [0.4, 0.5) is 5.69 Å². The second kappa shape index (κ2) is 8.07. The molecule has 2 bridgehead atoms. The third-order valence-electron chi connectivity index (χ3n) is 7.07. The molecule has 0 spiro atoms. The highest BCUT2D eigenvalue weighted by atomic mass is 35.5. The van der Waals surface area contributed by atoms with Crippen molar-refractivity contribution in [3.8, 4) is 5.75 Å². The fourth-order valence-corrected chi connectivity index (χ4v) is 5.80. The van der Waals surface area contributed by atoms with E-state index in [1.807, 2.05) is 25.1 Å². The van der Waals surface area contributed by atoms with Gasteiger partial charge in [-0.3, -0.25) is 14.6 Å². The predicted molar refractivity (Wildman–Crippen MR) is 123 cm³/mol. The first-order chi connectivity index (χ1) is 15.4. The van der Waals surface area contributed by atoms with Crippen LogP contribution in [0.3, 0.4) is 0 Å². The maximum absolute atomic E-state index is 12.8. The molecule has 6 nitrogen and oxygen atoms in total. The van der Waals surface area contributed by atoms with Crippen molar-refractivity contribution in [2.45, 2.75) is 51.0 Å². The molecule has 7 heteroatoms. The molecule has 3 aliphatic carbocycles. The van der Waals surface area contributed by atoms with E-state index in [1.165, 1.54) is 12.8 Å². The molecule has 1 amide bonds. The first-order valence-electron chi connectivity index (χ1n) is 11.3. The average molecular weight is 454 g/mol. The van der Waals surface area contributed by atoms with Gasteiger partial charge < -0.3 is 15.0 Å². The van der Waals surface area contributed by atoms with Gasteiger partial charge in [-0.25, -0.2) is 0 Å². The summed E-state index contributed by atoms with van der Waals surface area (Å²) in [5.41, 5.74) is 2.31. The van der Waals surface area contributed by atoms with Crippen LogP contribution >= 0.6 is 11.6 Å². The summed E-state index contributed by atoms with van der Waals surface area (Å²) >= 11 is 6.03. The number of rotatable bonds is 8. The van der Waals surface area contributed by atoms with Crippen LogP contribution in [0.5, 0.6) is 5.75 Å². The molecule has 168 valence electrons. The Morgan fingerprint density at radius 3 is 2.62 bits per heavy atom. The van der Waals surface area contributed by atoms with Gasteiger partial charge in [0.05, 0.1) is 0 Å². The summed E-state index contributed by atoms with van der Waals surface area (Å²) in [6.07, 6.45) is 7.15. The number of ether oxygens (including phenoxy) is 1. The van der Waals surface area contributed by atoms with Gasteiger partial charge in [0.1, 0.15) is 18.1 Å². The van der Waals surface area contributed by atoms with Crippen molar-refractivity contribution in [3.05, 3.63) is 52.8 Å². The van der Waals surface area contributed by atoms with Crippen molar-refractivity contribution in [1.82, 2.24) is 10.3 Å². The molecule has 0 radical (unpaired) electrons. The van der Waals surface area contributed by atoms with Gasteiger partial charge in [-0.15, -0.1) is 0 Å². The summed E-state index contributed by atoms with van der Waals surface area (Å²) < 4.78 is 5.65. The molecule has 1 aromatic carbocycles. The van der Waals surface area contributed by atoms with Crippen LogP contribution in [0.25, 0.3) is 0 Å². The minimum absolute atomic E-state index is 0.0223. The number of benzene rings is 1. The molecule has 4 fully saturated rings. The van der Waals surface area contributed by atoms with Crippen LogP contribution in [-0.4, -0.2) is 41.9 Å². The molecular weight excluding hydrogens is 426 g/mol. The molecule has 32 heavy (non-hydrogen) atoms. The second-order valence-corrected chi connectivity index (χ2v) is 10.2. The Balaban J connectivity index is 1.10. The van der Waals surface area contributed by atoms with Crippen molar-refractivity contribution >= 4 is 29.0 Å². The number of carbonyl (C=O) groups excluding carboxylic acids is 2. The zero-order chi connectivity index (χ0) is 22.3. The van der Waals surface area contributed by atoms with Gasteiger partial charge >= 0.3 is 0 Å². The predicted octanol–water partition coefficient (Wildman–Crippen LogP) is 4.33. The van der Waals surface area contributed by atoms with Crippen LogP contribution in [-0.2, 0) is 4.79 Å². The number of anilines is 1. The number of amides is 1. The standard InChI is InChI=1S/C25H28ClN3O3/c1-17-10-20(4-5-21(17)26)32-13-19(30)12-24-14-25(15-24,16-24)28-23(31)22-11-18(6-7-27-22)29-8-2-3-9-29/h4-7,10-11H,2-3,8-9,12-16H2,1H3,(H,28,31). The number of carbonyl (C=O) groups is 2. The lowest BCUT2D eigenvalue weighted by molar-refractivity contribution is -0.162. The number of nitrogens with zero attached hydrogens (tertiary/aromatic N) is 2. The minimum atomic E-state index is -0.170. The Morgan fingerprint density at radius 1 is 1.16 bits per heavy atom. The number of pyridine rings is 1. The minimum Gasteiger partial charge on any atom is -0.486 e. The Hall–Kier alpha value is -2.60. The van der Waals surface area contributed by atoms with Crippen molar-refractivity contribution < 1.29 is 14.3 Å². The molecule has 0 atom stereocenters. The molecule has 0 unspecified atom stereocenters. The molecule has 4 aliphatic rings. The molecule has 1 aliphatic heterocycles. The third-order valence-corrected chi connectivity index (χ3v) is 7.49. The van der Waals surface area contributed by atoms with Crippen molar-refractivity contribution in [1.29, 1.82) is 0 Å². The molecule has 6 rings (SSSR count). The van der Waals surface area contributed by atoms with Crippen molar-refractivity contribution in [2.75, 3.05) is 24.6 Å². The number of ketones is 1. The fraction of sp³-hybridized carbons (Fsp3) is 0.480. The van der Waals surface area contributed by atoms with E-state index in [0.717, 1.165) is 43.6 Å². The van der Waals surface area contributed by atoms with E-state index < -0.39 is 0 Å². The highest BCUT2D eigenvalue weighted by Gasteiger charge is 2.68. The average Bonchev–Trinajstić information content (AvgIpc) is 3.27. The van der Waals surface area contributed by atoms with Crippen LogP contribution in [0, 0.1) is 12.3 Å². The number of hydrogen-bond acceptors (Lipinski definition) is 5. The number of Topliss-reactive ketones (excluding diaryl/α,β-unsaturated/α-hetero) is 1. The van der Waals surface area contributed by atoms with Gasteiger partial charge in [0.2, 0.25) is 0 Å². The lowest BCUT2D eigenvalue weighted by Gasteiger charge is -2.70. The summed E-state index contributed by atoms with van der Waals surface area (Å²) in [5, 5.41) is 3.87. The summed E-state index contributed by atoms with van der Waals surface area (Å²) in [7, 11) is 0. The molecule has 2 heterocycles. The Labute approximate surface area is 193 Å². The third kappa shape index (κ3) is 4.08. The lowest BCUT2D eigenvalue weighted by atomic mass is 9.38. The Kier molecular flexibility index (Phi) is 5.36. The lowest BCUT2D eigenvalue weighted by Crippen LogP contribution is -2.75. The summed E-state index contributed by atoms with van der Waals surface area (Å²) in [6, 6.07) is 9.26. The normalized spacial score (nSPS) is 25.6. The van der Waals surface area contributed by atoms with Gasteiger partial charge in [-0.05, 0) is 80.3 Å². The molecule has 1 N–H and O–H groups in total. The van der Waals surface area contributed by atoms with Crippen molar-refractivity contribution in [2.24, 2.45) is 5.41 Å². The maximum Gasteiger partial charge on any atom is 0.270 e.